The topological polar surface area (TPSA) is 37.3 Å². The number of hydrogen-bond donors (Lipinski definition) is 1. The van der Waals surface area contributed by atoms with E-state index in [1.165, 1.54) is 28.3 Å². The summed E-state index contributed by atoms with van der Waals surface area (Å²) in [6.45, 7) is 0. The van der Waals surface area contributed by atoms with Gasteiger partial charge in [0.05, 0.1) is 0 Å². The molecule has 1 aliphatic carbocycles. The van der Waals surface area contributed by atoms with Crippen LogP contribution in [-0.2, 0) is 11.2 Å². The van der Waals surface area contributed by atoms with Crippen molar-refractivity contribution in [2.45, 2.75) is 6.42 Å². The minimum absolute atomic E-state index is 0.902. The second-order valence-corrected chi connectivity index (χ2v) is 5.48. The van der Waals surface area contributed by atoms with Crippen LogP contribution in [0.4, 0.5) is 0 Å². The first-order valence-corrected chi connectivity index (χ1v) is 6.75. The van der Waals surface area contributed by atoms with E-state index in [1.54, 1.807) is 6.08 Å². The first-order valence-electron chi connectivity index (χ1n) is 5.96. The van der Waals surface area contributed by atoms with E-state index in [-0.39, 0.29) is 0 Å². The van der Waals surface area contributed by atoms with E-state index in [0.29, 0.717) is 0 Å². The van der Waals surface area contributed by atoms with Crippen LogP contribution in [0.1, 0.15) is 16.7 Å². The molecular formula is C16H11BrO2. The fourth-order valence-corrected chi connectivity index (χ4v) is 2.88. The predicted octanol–water partition coefficient (Wildman–Crippen LogP) is 4.12. The lowest BCUT2D eigenvalue weighted by Crippen LogP contribution is -1.86. The predicted molar refractivity (Wildman–Crippen MR) is 79.1 cm³/mol. The van der Waals surface area contributed by atoms with E-state index in [0.717, 1.165) is 16.5 Å². The number of carbonyl (C=O) groups is 1. The number of aliphatic carboxylic acids is 1. The fourth-order valence-electron chi connectivity index (χ4n) is 2.47. The Balaban J connectivity index is 2.00. The van der Waals surface area contributed by atoms with Gasteiger partial charge in [-0.3, -0.25) is 0 Å². The van der Waals surface area contributed by atoms with Crippen LogP contribution in [0.15, 0.2) is 46.9 Å². The van der Waals surface area contributed by atoms with Crippen molar-refractivity contribution in [3.8, 4) is 11.1 Å². The number of fused-ring (bicyclic) bond motifs is 3. The lowest BCUT2D eigenvalue weighted by Gasteiger charge is -2.02. The van der Waals surface area contributed by atoms with Crippen LogP contribution >= 0.6 is 15.9 Å². The largest absolute Gasteiger partial charge is 0.478 e. The Bertz CT molecular complexity index is 702. The first kappa shape index (κ1) is 12.2. The molecule has 0 aliphatic heterocycles. The molecule has 0 heterocycles. The van der Waals surface area contributed by atoms with Crippen LogP contribution in [0.2, 0.25) is 0 Å². The van der Waals surface area contributed by atoms with Crippen LogP contribution in [0.25, 0.3) is 17.2 Å². The highest BCUT2D eigenvalue weighted by atomic mass is 79.9. The van der Waals surface area contributed by atoms with Crippen molar-refractivity contribution in [1.29, 1.82) is 0 Å². The van der Waals surface area contributed by atoms with Gasteiger partial charge >= 0.3 is 5.97 Å². The molecule has 0 amide bonds. The third-order valence-electron chi connectivity index (χ3n) is 3.29. The van der Waals surface area contributed by atoms with Crippen molar-refractivity contribution < 1.29 is 9.90 Å². The molecule has 0 saturated carbocycles. The molecule has 2 aromatic rings. The van der Waals surface area contributed by atoms with Gasteiger partial charge in [0.2, 0.25) is 0 Å². The van der Waals surface area contributed by atoms with Crippen molar-refractivity contribution in [1.82, 2.24) is 0 Å². The monoisotopic (exact) mass is 314 g/mol. The molecule has 0 spiro atoms. The van der Waals surface area contributed by atoms with E-state index in [1.807, 2.05) is 12.1 Å². The quantitative estimate of drug-likeness (QED) is 0.722. The van der Waals surface area contributed by atoms with Crippen LogP contribution < -0.4 is 0 Å². The van der Waals surface area contributed by atoms with E-state index in [4.69, 9.17) is 5.11 Å². The van der Waals surface area contributed by atoms with Gasteiger partial charge in [-0.1, -0.05) is 40.2 Å². The molecule has 19 heavy (non-hydrogen) atoms. The first-order chi connectivity index (χ1) is 9.13. The third-order valence-corrected chi connectivity index (χ3v) is 3.78. The maximum Gasteiger partial charge on any atom is 0.328 e. The molecule has 1 aliphatic rings. The van der Waals surface area contributed by atoms with Crippen molar-refractivity contribution in [3.05, 3.63) is 63.6 Å². The summed E-state index contributed by atoms with van der Waals surface area (Å²) < 4.78 is 1.09. The molecule has 2 nitrogen and oxygen atoms in total. The summed E-state index contributed by atoms with van der Waals surface area (Å²) in [5.74, 6) is -0.923. The minimum atomic E-state index is -0.923. The number of halogens is 1. The van der Waals surface area contributed by atoms with Gasteiger partial charge in [0.1, 0.15) is 0 Å². The number of benzene rings is 2. The molecular weight excluding hydrogens is 304 g/mol. The summed E-state index contributed by atoms with van der Waals surface area (Å²) in [4.78, 5) is 10.5. The molecule has 0 radical (unpaired) electrons. The number of carboxylic acid groups (broad SMARTS) is 1. The average Bonchev–Trinajstić information content (AvgIpc) is 2.72. The summed E-state index contributed by atoms with van der Waals surface area (Å²) in [6.07, 6.45) is 3.70. The maximum absolute atomic E-state index is 10.5. The van der Waals surface area contributed by atoms with Gasteiger partial charge in [0, 0.05) is 10.5 Å². The zero-order chi connectivity index (χ0) is 13.4. The third kappa shape index (κ3) is 2.34. The summed E-state index contributed by atoms with van der Waals surface area (Å²) in [7, 11) is 0. The van der Waals surface area contributed by atoms with Gasteiger partial charge in [-0.05, 0) is 52.4 Å². The van der Waals surface area contributed by atoms with Gasteiger partial charge in [-0.2, -0.15) is 0 Å². The highest BCUT2D eigenvalue weighted by Gasteiger charge is 2.18. The van der Waals surface area contributed by atoms with Crippen molar-refractivity contribution >= 4 is 28.0 Å². The molecule has 2 aromatic carbocycles. The summed E-state index contributed by atoms with van der Waals surface area (Å²) in [6, 6.07) is 12.4. The van der Waals surface area contributed by atoms with Crippen molar-refractivity contribution in [2.24, 2.45) is 0 Å². The smallest absolute Gasteiger partial charge is 0.328 e. The van der Waals surface area contributed by atoms with Gasteiger partial charge in [-0.25, -0.2) is 4.79 Å². The molecule has 3 heteroatoms. The minimum Gasteiger partial charge on any atom is -0.478 e. The zero-order valence-corrected chi connectivity index (χ0v) is 11.6. The molecule has 1 N–H and O–H groups in total. The van der Waals surface area contributed by atoms with Crippen LogP contribution in [0.3, 0.4) is 0 Å². The van der Waals surface area contributed by atoms with E-state index in [9.17, 15) is 4.79 Å². The number of rotatable bonds is 2. The fraction of sp³-hybridized carbons (Fsp3) is 0.0625. The Hall–Kier alpha value is -1.87. The van der Waals surface area contributed by atoms with Crippen LogP contribution in [0, 0.1) is 0 Å². The lowest BCUT2D eigenvalue weighted by molar-refractivity contribution is -0.131. The standard InChI is InChI=1S/C16H11BrO2/c17-13-3-5-15-12(9-13)8-11-7-10(1-4-14(11)15)2-6-16(18)19/h1-7,9H,8H2,(H,18,19)/b6-2+. The van der Waals surface area contributed by atoms with E-state index in [2.05, 4.69) is 40.2 Å². The van der Waals surface area contributed by atoms with Crippen molar-refractivity contribution in [3.63, 3.8) is 0 Å². The molecule has 3 rings (SSSR count). The Morgan fingerprint density at radius 3 is 2.53 bits per heavy atom. The summed E-state index contributed by atoms with van der Waals surface area (Å²) in [5.41, 5.74) is 6.00. The Morgan fingerprint density at radius 1 is 1.11 bits per heavy atom. The summed E-state index contributed by atoms with van der Waals surface area (Å²) in [5, 5.41) is 8.65. The number of hydrogen-bond acceptors (Lipinski definition) is 1. The van der Waals surface area contributed by atoms with Crippen molar-refractivity contribution in [2.75, 3.05) is 0 Å². The van der Waals surface area contributed by atoms with Gasteiger partial charge in [0.15, 0.2) is 0 Å². The molecule has 0 unspecified atom stereocenters. The SMILES string of the molecule is O=C(O)/C=C/c1ccc2c(c1)Cc1cc(Br)ccc1-2. The van der Waals surface area contributed by atoms with Crippen LogP contribution in [0.5, 0.6) is 0 Å². The Labute approximate surface area is 119 Å². The Morgan fingerprint density at radius 2 is 1.79 bits per heavy atom. The normalized spacial score (nSPS) is 12.5. The average molecular weight is 315 g/mol. The molecule has 0 bridgehead atoms. The molecule has 0 aromatic heterocycles. The maximum atomic E-state index is 10.5. The Kier molecular flexibility index (Phi) is 2.99. The summed E-state index contributed by atoms with van der Waals surface area (Å²) >= 11 is 3.49. The lowest BCUT2D eigenvalue weighted by atomic mass is 10.0. The van der Waals surface area contributed by atoms with Gasteiger partial charge < -0.3 is 5.11 Å². The highest BCUT2D eigenvalue weighted by Crippen LogP contribution is 2.38. The van der Waals surface area contributed by atoms with Crippen LogP contribution in [-0.4, -0.2) is 11.1 Å². The second-order valence-electron chi connectivity index (χ2n) is 4.57. The highest BCUT2D eigenvalue weighted by molar-refractivity contribution is 9.10. The molecule has 0 saturated heterocycles. The molecule has 0 fully saturated rings. The van der Waals surface area contributed by atoms with E-state index < -0.39 is 5.97 Å². The zero-order valence-electron chi connectivity index (χ0n) is 10.1. The van der Waals surface area contributed by atoms with Gasteiger partial charge in [-0.15, -0.1) is 0 Å². The van der Waals surface area contributed by atoms with E-state index >= 15 is 0 Å². The molecule has 94 valence electrons. The van der Waals surface area contributed by atoms with Gasteiger partial charge in [0.25, 0.3) is 0 Å². The molecule has 0 atom stereocenters. The second kappa shape index (κ2) is 4.67. The number of carboxylic acids is 1.